The number of aliphatic hydroxyl groups is 8. The van der Waals surface area contributed by atoms with Crippen molar-refractivity contribution in [2.75, 3.05) is 19.8 Å². The highest BCUT2D eigenvalue weighted by molar-refractivity contribution is 5.02. The van der Waals surface area contributed by atoms with Crippen LogP contribution in [-0.2, 0) is 28.4 Å². The van der Waals surface area contributed by atoms with Gasteiger partial charge in [-0.1, -0.05) is 0 Å². The molecule has 42 heavy (non-hydrogen) atoms. The van der Waals surface area contributed by atoms with Gasteiger partial charge in [-0.3, -0.25) is 0 Å². The van der Waals surface area contributed by atoms with Gasteiger partial charge >= 0.3 is 0 Å². The summed E-state index contributed by atoms with van der Waals surface area (Å²) in [6.07, 6.45) is -20.5. The highest BCUT2D eigenvalue weighted by Gasteiger charge is 2.54. The Morgan fingerprint density at radius 2 is 1.00 bits per heavy atom. The molecule has 19 nitrogen and oxygen atoms in total. The van der Waals surface area contributed by atoms with Gasteiger partial charge < -0.3 is 97.9 Å². The van der Waals surface area contributed by atoms with E-state index >= 15 is 0 Å². The highest BCUT2D eigenvalue weighted by Crippen LogP contribution is 2.34. The predicted molar refractivity (Wildman–Crippen MR) is 136 cm³/mol. The van der Waals surface area contributed by atoms with Crippen molar-refractivity contribution in [1.29, 1.82) is 0 Å². The van der Waals surface area contributed by atoms with Gasteiger partial charge in [0, 0.05) is 18.6 Å². The van der Waals surface area contributed by atoms with Crippen LogP contribution in [0.5, 0.6) is 0 Å². The Kier molecular flexibility index (Phi) is 11.5. The van der Waals surface area contributed by atoms with Crippen molar-refractivity contribution < 1.29 is 69.3 Å². The summed E-state index contributed by atoms with van der Waals surface area (Å²) in [5.41, 5.74) is 29.9. The van der Waals surface area contributed by atoms with Gasteiger partial charge in [0.15, 0.2) is 18.9 Å². The Morgan fingerprint density at radius 3 is 1.55 bits per heavy atom. The van der Waals surface area contributed by atoms with E-state index in [9.17, 15) is 40.9 Å². The zero-order chi connectivity index (χ0) is 31.0. The number of nitrogens with two attached hydrogens (primary N) is 5. The molecule has 0 amide bonds. The second-order valence-electron chi connectivity index (χ2n) is 11.2. The van der Waals surface area contributed by atoms with Crippen molar-refractivity contribution in [1.82, 2.24) is 0 Å². The second-order valence-corrected chi connectivity index (χ2v) is 11.2. The lowest BCUT2D eigenvalue weighted by Crippen LogP contribution is -2.68. The minimum absolute atomic E-state index is 0.0642. The number of rotatable bonds is 9. The summed E-state index contributed by atoms with van der Waals surface area (Å²) >= 11 is 0. The van der Waals surface area contributed by atoms with Crippen LogP contribution >= 0.6 is 0 Å². The van der Waals surface area contributed by atoms with E-state index < -0.39 is 129 Å². The molecule has 3 aliphatic heterocycles. The molecular formula is C23H45N5O14. The van der Waals surface area contributed by atoms with E-state index in [-0.39, 0.29) is 13.0 Å². The number of aliphatic hydroxyl groups excluding tert-OH is 8. The Morgan fingerprint density at radius 1 is 0.524 bits per heavy atom. The number of ether oxygens (including phenoxy) is 6. The molecule has 0 aromatic heterocycles. The first-order valence-electron chi connectivity index (χ1n) is 13.8. The van der Waals surface area contributed by atoms with E-state index in [1.165, 1.54) is 0 Å². The molecule has 19 atom stereocenters. The summed E-state index contributed by atoms with van der Waals surface area (Å²) in [4.78, 5) is 0. The van der Waals surface area contributed by atoms with Crippen LogP contribution in [0.25, 0.3) is 0 Å². The lowest BCUT2D eigenvalue weighted by molar-refractivity contribution is -0.310. The smallest absolute Gasteiger partial charge is 0.187 e. The molecule has 0 bridgehead atoms. The Balaban J connectivity index is 1.50. The van der Waals surface area contributed by atoms with Crippen LogP contribution in [0.1, 0.15) is 6.42 Å². The van der Waals surface area contributed by atoms with Gasteiger partial charge in [-0.15, -0.1) is 0 Å². The Bertz CT molecular complexity index is 866. The summed E-state index contributed by atoms with van der Waals surface area (Å²) in [5, 5.41) is 82.3. The van der Waals surface area contributed by atoms with Crippen molar-refractivity contribution in [3.63, 3.8) is 0 Å². The van der Waals surface area contributed by atoms with Crippen LogP contribution in [0.15, 0.2) is 0 Å². The van der Waals surface area contributed by atoms with Crippen LogP contribution < -0.4 is 28.7 Å². The molecule has 0 aromatic carbocycles. The third kappa shape index (κ3) is 6.60. The highest BCUT2D eigenvalue weighted by atomic mass is 16.8. The number of hydrogen-bond acceptors (Lipinski definition) is 19. The van der Waals surface area contributed by atoms with Crippen LogP contribution in [0.3, 0.4) is 0 Å². The molecule has 4 aliphatic rings. The third-order valence-corrected chi connectivity index (χ3v) is 8.32. The molecular weight excluding hydrogens is 570 g/mol. The van der Waals surface area contributed by atoms with Gasteiger partial charge in [-0.25, -0.2) is 0 Å². The van der Waals surface area contributed by atoms with Crippen molar-refractivity contribution in [3.8, 4) is 0 Å². The summed E-state index contributed by atoms with van der Waals surface area (Å²) in [7, 11) is 0. The van der Waals surface area contributed by atoms with Gasteiger partial charge in [0.25, 0.3) is 0 Å². The van der Waals surface area contributed by atoms with E-state index in [1.54, 1.807) is 0 Å². The summed E-state index contributed by atoms with van der Waals surface area (Å²) in [5.74, 6) is 0. The molecule has 4 fully saturated rings. The van der Waals surface area contributed by atoms with Crippen LogP contribution in [-0.4, -0.2) is 177 Å². The molecule has 0 spiro atoms. The lowest BCUT2D eigenvalue weighted by atomic mass is 9.84. The zero-order valence-electron chi connectivity index (χ0n) is 22.7. The van der Waals surface area contributed by atoms with Crippen molar-refractivity contribution in [2.45, 2.75) is 123 Å². The minimum atomic E-state index is -1.62. The maximum absolute atomic E-state index is 11.1. The second kappa shape index (κ2) is 14.1. The van der Waals surface area contributed by atoms with E-state index in [0.29, 0.717) is 0 Å². The Labute approximate surface area is 240 Å². The molecule has 0 unspecified atom stereocenters. The van der Waals surface area contributed by atoms with Crippen LogP contribution in [0.4, 0.5) is 0 Å². The third-order valence-electron chi connectivity index (χ3n) is 8.32. The summed E-state index contributed by atoms with van der Waals surface area (Å²) < 4.78 is 34.4. The van der Waals surface area contributed by atoms with Gasteiger partial charge in [0.2, 0.25) is 0 Å². The fourth-order valence-electron chi connectivity index (χ4n) is 5.70. The van der Waals surface area contributed by atoms with E-state index in [4.69, 9.17) is 57.1 Å². The zero-order valence-corrected chi connectivity index (χ0v) is 22.7. The normalized spacial score (nSPS) is 53.8. The average Bonchev–Trinajstić information content (AvgIpc) is 3.27. The van der Waals surface area contributed by atoms with Crippen molar-refractivity contribution in [2.24, 2.45) is 28.7 Å². The first kappa shape index (κ1) is 34.1. The maximum Gasteiger partial charge on any atom is 0.187 e. The standard InChI is InChI=1S/C23H45N5O14/c24-2-7-13(32)15(34)10(27)21(37-7)41-19-9(4-30)39-23(17(19)36)42-20-12(31)5(25)1-6(26)18(20)40-22-11(28)16(35)14(33)8(3-29)38-22/h5-23,29-36H,1-4,24-28H2/t5-,6+,7+,8-,9-,10-,11-,12+,13-,14-,15-,16-,17-,18+,19-,20-,21-,22-,23-/m1/s1. The van der Waals surface area contributed by atoms with E-state index in [0.717, 1.165) is 0 Å². The molecule has 0 radical (unpaired) electrons. The van der Waals surface area contributed by atoms with E-state index in [1.807, 2.05) is 0 Å². The molecule has 0 aromatic rings. The SMILES string of the molecule is NC[C@@H]1O[C@H](O[C@H]2[C@@H](O)[C@@H](O[C@@H]3[C@@H](O)[C@H](N)C[C@H](N)[C@@H]3O[C@H]3O[C@H](CO)[C@@H](O)[C@H](O)[C@H]3N)O[C@@H]2CO)[C@H](N)[C@@H](O)[C@@H]1O. The lowest BCUT2D eigenvalue weighted by Gasteiger charge is -2.47. The molecule has 19 heteroatoms. The quantitative estimate of drug-likeness (QED) is 0.114. The monoisotopic (exact) mass is 615 g/mol. The average molecular weight is 616 g/mol. The summed E-state index contributed by atoms with van der Waals surface area (Å²) in [6.45, 7) is -1.49. The molecule has 18 N–H and O–H groups in total. The van der Waals surface area contributed by atoms with Crippen LogP contribution in [0.2, 0.25) is 0 Å². The Hall–Kier alpha value is -0.760. The van der Waals surface area contributed by atoms with Crippen molar-refractivity contribution in [3.05, 3.63) is 0 Å². The molecule has 3 saturated heterocycles. The largest absolute Gasteiger partial charge is 0.394 e. The maximum atomic E-state index is 11.1. The molecule has 1 aliphatic carbocycles. The van der Waals surface area contributed by atoms with Gasteiger partial charge in [-0.05, 0) is 6.42 Å². The van der Waals surface area contributed by atoms with Crippen LogP contribution in [0, 0.1) is 0 Å². The van der Waals surface area contributed by atoms with Gasteiger partial charge in [-0.2, -0.15) is 0 Å². The number of hydrogen-bond donors (Lipinski definition) is 13. The fraction of sp³-hybridized carbons (Fsp3) is 1.00. The fourth-order valence-corrected chi connectivity index (χ4v) is 5.70. The minimum Gasteiger partial charge on any atom is -0.394 e. The summed E-state index contributed by atoms with van der Waals surface area (Å²) in [6, 6.07) is -4.30. The topological polar surface area (TPSA) is 347 Å². The molecule has 246 valence electrons. The first-order valence-corrected chi connectivity index (χ1v) is 13.8. The first-order chi connectivity index (χ1) is 19.8. The molecule has 4 rings (SSSR count). The van der Waals surface area contributed by atoms with Gasteiger partial charge in [0.05, 0.1) is 31.4 Å². The molecule has 1 saturated carbocycles. The molecule has 3 heterocycles. The van der Waals surface area contributed by atoms with E-state index in [2.05, 4.69) is 0 Å². The van der Waals surface area contributed by atoms with Gasteiger partial charge in [0.1, 0.15) is 67.1 Å². The predicted octanol–water partition coefficient (Wildman–Crippen LogP) is -8.86. The van der Waals surface area contributed by atoms with Crippen molar-refractivity contribution >= 4 is 0 Å².